The summed E-state index contributed by atoms with van der Waals surface area (Å²) in [5, 5.41) is 11.8. The van der Waals surface area contributed by atoms with E-state index < -0.39 is 0 Å². The quantitative estimate of drug-likeness (QED) is 0.252. The van der Waals surface area contributed by atoms with E-state index in [9.17, 15) is 0 Å². The number of hydrogen-bond acceptors (Lipinski definition) is 4. The molecule has 0 aliphatic carbocycles. The van der Waals surface area contributed by atoms with Gasteiger partial charge in [-0.05, 0) is 37.7 Å². The first kappa shape index (κ1) is 16.3. The molecule has 5 heteroatoms. The van der Waals surface area contributed by atoms with Crippen LogP contribution in [-0.2, 0) is 6.54 Å². The standard InChI is InChI=1S/C15H25N3O2/c1-4-5-6-9-18(2)11-12-7-8-13(15(16)17-19)14(10-12)20-3/h7-8,10,19H,4-6,9,11H2,1-3H3,(H2,16,17). The summed E-state index contributed by atoms with van der Waals surface area (Å²) in [5.74, 6) is 0.685. The van der Waals surface area contributed by atoms with Gasteiger partial charge in [0.25, 0.3) is 0 Å². The molecule has 0 heterocycles. The number of ether oxygens (including phenoxy) is 1. The molecule has 0 spiro atoms. The number of amidine groups is 1. The van der Waals surface area contributed by atoms with E-state index in [2.05, 4.69) is 24.0 Å². The topological polar surface area (TPSA) is 71.1 Å². The summed E-state index contributed by atoms with van der Waals surface area (Å²) in [5.41, 5.74) is 7.37. The van der Waals surface area contributed by atoms with Crippen molar-refractivity contribution in [3.05, 3.63) is 29.3 Å². The minimum Gasteiger partial charge on any atom is -0.496 e. The Bertz CT molecular complexity index is 447. The van der Waals surface area contributed by atoms with Crippen molar-refractivity contribution in [1.82, 2.24) is 4.90 Å². The van der Waals surface area contributed by atoms with Crippen molar-refractivity contribution < 1.29 is 9.94 Å². The van der Waals surface area contributed by atoms with Gasteiger partial charge in [0.05, 0.1) is 12.7 Å². The molecule has 0 atom stereocenters. The molecule has 0 bridgehead atoms. The fourth-order valence-electron chi connectivity index (χ4n) is 2.12. The predicted octanol–water partition coefficient (Wildman–Crippen LogP) is 2.41. The van der Waals surface area contributed by atoms with Crippen LogP contribution in [0, 0.1) is 0 Å². The smallest absolute Gasteiger partial charge is 0.173 e. The van der Waals surface area contributed by atoms with Gasteiger partial charge in [-0.1, -0.05) is 31.0 Å². The van der Waals surface area contributed by atoms with E-state index in [-0.39, 0.29) is 5.84 Å². The van der Waals surface area contributed by atoms with Crippen LogP contribution in [0.3, 0.4) is 0 Å². The van der Waals surface area contributed by atoms with E-state index in [1.807, 2.05) is 18.2 Å². The molecule has 0 saturated carbocycles. The van der Waals surface area contributed by atoms with Crippen molar-refractivity contribution in [3.63, 3.8) is 0 Å². The average Bonchev–Trinajstić information content (AvgIpc) is 2.46. The summed E-state index contributed by atoms with van der Waals surface area (Å²) < 4.78 is 5.30. The Morgan fingerprint density at radius 2 is 2.15 bits per heavy atom. The van der Waals surface area contributed by atoms with Crippen LogP contribution in [0.1, 0.15) is 37.3 Å². The largest absolute Gasteiger partial charge is 0.496 e. The third kappa shape index (κ3) is 4.74. The summed E-state index contributed by atoms with van der Waals surface area (Å²) >= 11 is 0. The van der Waals surface area contributed by atoms with E-state index in [4.69, 9.17) is 15.7 Å². The Labute approximate surface area is 121 Å². The van der Waals surface area contributed by atoms with Gasteiger partial charge in [-0.2, -0.15) is 0 Å². The van der Waals surface area contributed by atoms with Crippen molar-refractivity contribution in [1.29, 1.82) is 0 Å². The highest BCUT2D eigenvalue weighted by atomic mass is 16.5. The molecule has 0 aliphatic rings. The molecule has 0 amide bonds. The molecule has 1 rings (SSSR count). The van der Waals surface area contributed by atoms with Crippen LogP contribution in [0.25, 0.3) is 0 Å². The predicted molar refractivity (Wildman–Crippen MR) is 81.4 cm³/mol. The number of nitrogens with two attached hydrogens (primary N) is 1. The third-order valence-electron chi connectivity index (χ3n) is 3.25. The number of rotatable bonds is 8. The van der Waals surface area contributed by atoms with Gasteiger partial charge < -0.3 is 20.6 Å². The minimum atomic E-state index is 0.0599. The first-order chi connectivity index (χ1) is 9.62. The number of oxime groups is 1. The van der Waals surface area contributed by atoms with Crippen LogP contribution in [0.15, 0.2) is 23.4 Å². The Morgan fingerprint density at radius 1 is 1.40 bits per heavy atom. The van der Waals surface area contributed by atoms with Crippen LogP contribution in [0.2, 0.25) is 0 Å². The van der Waals surface area contributed by atoms with Crippen molar-refractivity contribution in [3.8, 4) is 5.75 Å². The lowest BCUT2D eigenvalue weighted by molar-refractivity contribution is 0.316. The van der Waals surface area contributed by atoms with Gasteiger partial charge >= 0.3 is 0 Å². The van der Waals surface area contributed by atoms with E-state index in [0.717, 1.165) is 18.7 Å². The molecule has 20 heavy (non-hydrogen) atoms. The Hall–Kier alpha value is -1.75. The second-order valence-electron chi connectivity index (χ2n) is 4.96. The summed E-state index contributed by atoms with van der Waals surface area (Å²) in [6.45, 7) is 4.14. The lowest BCUT2D eigenvalue weighted by Crippen LogP contribution is -2.19. The second kappa shape index (κ2) is 8.43. The molecule has 5 nitrogen and oxygen atoms in total. The first-order valence-corrected chi connectivity index (χ1v) is 6.95. The molecular weight excluding hydrogens is 254 g/mol. The molecule has 112 valence electrons. The summed E-state index contributed by atoms with van der Waals surface area (Å²) in [6.07, 6.45) is 3.71. The monoisotopic (exact) mass is 279 g/mol. The molecule has 0 aliphatic heterocycles. The van der Waals surface area contributed by atoms with Gasteiger partial charge in [-0.15, -0.1) is 0 Å². The summed E-state index contributed by atoms with van der Waals surface area (Å²) in [7, 11) is 3.69. The van der Waals surface area contributed by atoms with Gasteiger partial charge in [0.15, 0.2) is 5.84 Å². The van der Waals surface area contributed by atoms with Crippen molar-refractivity contribution in [2.24, 2.45) is 10.9 Å². The van der Waals surface area contributed by atoms with Gasteiger partial charge in [-0.25, -0.2) is 0 Å². The van der Waals surface area contributed by atoms with Gasteiger partial charge in [0.1, 0.15) is 5.75 Å². The number of unbranched alkanes of at least 4 members (excludes halogenated alkanes) is 2. The summed E-state index contributed by atoms with van der Waals surface area (Å²) in [4.78, 5) is 2.29. The van der Waals surface area contributed by atoms with Gasteiger partial charge in [-0.3, -0.25) is 0 Å². The number of benzene rings is 1. The van der Waals surface area contributed by atoms with E-state index in [1.165, 1.54) is 19.3 Å². The van der Waals surface area contributed by atoms with E-state index >= 15 is 0 Å². The lowest BCUT2D eigenvalue weighted by atomic mass is 10.1. The Kier molecular flexibility index (Phi) is 6.87. The summed E-state index contributed by atoms with van der Waals surface area (Å²) in [6, 6.07) is 5.74. The highest BCUT2D eigenvalue weighted by Crippen LogP contribution is 2.21. The zero-order valence-electron chi connectivity index (χ0n) is 12.6. The average molecular weight is 279 g/mol. The normalized spacial score (nSPS) is 11.9. The maximum absolute atomic E-state index is 8.74. The molecule has 0 unspecified atom stereocenters. The second-order valence-corrected chi connectivity index (χ2v) is 4.96. The van der Waals surface area contributed by atoms with Gasteiger partial charge in [0, 0.05) is 6.54 Å². The molecule has 0 saturated heterocycles. The van der Waals surface area contributed by atoms with Crippen LogP contribution < -0.4 is 10.5 Å². The molecule has 1 aromatic carbocycles. The highest BCUT2D eigenvalue weighted by molar-refractivity contribution is 5.99. The lowest BCUT2D eigenvalue weighted by Gasteiger charge is -2.17. The SMILES string of the molecule is CCCCCN(C)Cc1ccc(/C(N)=N/O)c(OC)c1. The fraction of sp³-hybridized carbons (Fsp3) is 0.533. The minimum absolute atomic E-state index is 0.0599. The van der Waals surface area contributed by atoms with Crippen LogP contribution >= 0.6 is 0 Å². The van der Waals surface area contributed by atoms with Crippen LogP contribution in [0.5, 0.6) is 5.75 Å². The maximum Gasteiger partial charge on any atom is 0.173 e. The number of methoxy groups -OCH3 is 1. The molecule has 0 aromatic heterocycles. The molecule has 0 fully saturated rings. The number of hydrogen-bond donors (Lipinski definition) is 2. The molecular formula is C15H25N3O2. The van der Waals surface area contributed by atoms with Crippen LogP contribution in [0.4, 0.5) is 0 Å². The van der Waals surface area contributed by atoms with Crippen molar-refractivity contribution in [2.75, 3.05) is 20.7 Å². The zero-order chi connectivity index (χ0) is 15.0. The number of nitrogens with zero attached hydrogens (tertiary/aromatic N) is 2. The molecule has 0 radical (unpaired) electrons. The zero-order valence-corrected chi connectivity index (χ0v) is 12.6. The first-order valence-electron chi connectivity index (χ1n) is 6.95. The van der Waals surface area contributed by atoms with Gasteiger partial charge in [0.2, 0.25) is 0 Å². The third-order valence-corrected chi connectivity index (χ3v) is 3.25. The van der Waals surface area contributed by atoms with Crippen LogP contribution in [-0.4, -0.2) is 36.6 Å². The fourth-order valence-corrected chi connectivity index (χ4v) is 2.12. The maximum atomic E-state index is 8.74. The molecule has 1 aromatic rings. The van der Waals surface area contributed by atoms with Crippen molar-refractivity contribution in [2.45, 2.75) is 32.7 Å². The Morgan fingerprint density at radius 3 is 2.75 bits per heavy atom. The molecule has 3 N–H and O–H groups in total. The van der Waals surface area contributed by atoms with E-state index in [0.29, 0.717) is 11.3 Å². The van der Waals surface area contributed by atoms with Crippen molar-refractivity contribution >= 4 is 5.84 Å². The highest BCUT2D eigenvalue weighted by Gasteiger charge is 2.09. The van der Waals surface area contributed by atoms with E-state index in [1.54, 1.807) is 7.11 Å². The Balaban J connectivity index is 2.73.